The number of nitrogens with one attached hydrogen (secondary N) is 1. The van der Waals surface area contributed by atoms with Crippen LogP contribution < -0.4 is 5.32 Å². The second-order valence-corrected chi connectivity index (χ2v) is 3.94. The maximum Gasteiger partial charge on any atom is 0.123 e. The number of aryl methyl sites for hydroxylation is 1. The highest BCUT2D eigenvalue weighted by atomic mass is 32.1. The molecule has 0 aliphatic carbocycles. The van der Waals surface area contributed by atoms with Crippen molar-refractivity contribution in [2.24, 2.45) is 0 Å². The van der Waals surface area contributed by atoms with Gasteiger partial charge in [-0.3, -0.25) is 0 Å². The topological polar surface area (TPSA) is 45.1 Å². The first kappa shape index (κ1) is 10.6. The van der Waals surface area contributed by atoms with Crippen molar-refractivity contribution < 1.29 is 5.11 Å². The molecular formula is C9H16N2OS. The summed E-state index contributed by atoms with van der Waals surface area (Å²) in [6.07, 6.45) is 0.633. The first-order valence-corrected chi connectivity index (χ1v) is 5.42. The van der Waals surface area contributed by atoms with Crippen molar-refractivity contribution in [3.05, 3.63) is 16.1 Å². The van der Waals surface area contributed by atoms with E-state index in [1.54, 1.807) is 0 Å². The van der Waals surface area contributed by atoms with Crippen LogP contribution in [-0.2, 0) is 0 Å². The molecule has 0 spiro atoms. The van der Waals surface area contributed by atoms with Crippen LogP contribution in [0.25, 0.3) is 0 Å². The lowest BCUT2D eigenvalue weighted by Crippen LogP contribution is -2.21. The Hall–Kier alpha value is -0.450. The molecule has 2 N–H and O–H groups in total. The molecule has 0 saturated carbocycles. The Morgan fingerprint density at radius 3 is 3.00 bits per heavy atom. The Balaban J connectivity index is 2.35. The fourth-order valence-corrected chi connectivity index (χ4v) is 1.81. The zero-order valence-electron chi connectivity index (χ0n) is 8.08. The fraction of sp³-hybridized carbons (Fsp3) is 0.667. The van der Waals surface area contributed by atoms with Gasteiger partial charge in [-0.05, 0) is 19.9 Å². The van der Waals surface area contributed by atoms with Gasteiger partial charge in [0.05, 0.1) is 0 Å². The van der Waals surface area contributed by atoms with E-state index in [9.17, 15) is 5.11 Å². The smallest absolute Gasteiger partial charge is 0.123 e. The molecule has 13 heavy (non-hydrogen) atoms. The van der Waals surface area contributed by atoms with E-state index in [1.807, 2.05) is 12.3 Å². The summed E-state index contributed by atoms with van der Waals surface area (Å²) >= 11 is 1.51. The molecule has 0 aliphatic heterocycles. The van der Waals surface area contributed by atoms with Crippen LogP contribution in [0.15, 0.2) is 5.38 Å². The van der Waals surface area contributed by atoms with Crippen LogP contribution in [-0.4, -0.2) is 23.2 Å². The molecule has 0 radical (unpaired) electrons. The van der Waals surface area contributed by atoms with Gasteiger partial charge in [-0.15, -0.1) is 11.3 Å². The summed E-state index contributed by atoms with van der Waals surface area (Å²) in [6, 6.07) is 0. The SMILES string of the molecule is CCCNCC(O)c1nc(C)cs1. The van der Waals surface area contributed by atoms with Crippen LogP contribution in [0.4, 0.5) is 0 Å². The Kier molecular flexibility index (Phi) is 4.35. The molecule has 4 heteroatoms. The van der Waals surface area contributed by atoms with Gasteiger partial charge in [0.2, 0.25) is 0 Å². The van der Waals surface area contributed by atoms with Crippen molar-refractivity contribution in [2.75, 3.05) is 13.1 Å². The van der Waals surface area contributed by atoms with E-state index in [0.29, 0.717) is 6.54 Å². The Labute approximate surface area is 82.8 Å². The number of rotatable bonds is 5. The first-order valence-electron chi connectivity index (χ1n) is 4.55. The van der Waals surface area contributed by atoms with E-state index < -0.39 is 6.10 Å². The normalized spacial score (nSPS) is 13.2. The minimum absolute atomic E-state index is 0.453. The third-order valence-electron chi connectivity index (χ3n) is 1.69. The van der Waals surface area contributed by atoms with Crippen LogP contribution in [0.3, 0.4) is 0 Å². The molecule has 1 rings (SSSR count). The second-order valence-electron chi connectivity index (χ2n) is 3.05. The summed E-state index contributed by atoms with van der Waals surface area (Å²) in [7, 11) is 0. The van der Waals surface area contributed by atoms with Crippen LogP contribution in [0.1, 0.15) is 30.2 Å². The van der Waals surface area contributed by atoms with E-state index in [0.717, 1.165) is 23.7 Å². The average molecular weight is 200 g/mol. The zero-order chi connectivity index (χ0) is 9.68. The highest BCUT2D eigenvalue weighted by Crippen LogP contribution is 2.16. The largest absolute Gasteiger partial charge is 0.385 e. The lowest BCUT2D eigenvalue weighted by atomic mass is 10.3. The molecule has 1 unspecified atom stereocenters. The molecule has 0 fully saturated rings. The Bertz CT molecular complexity index is 250. The van der Waals surface area contributed by atoms with Gasteiger partial charge >= 0.3 is 0 Å². The van der Waals surface area contributed by atoms with Gasteiger partial charge in [0.25, 0.3) is 0 Å². The monoisotopic (exact) mass is 200 g/mol. The molecule has 1 aromatic heterocycles. The van der Waals surface area contributed by atoms with Crippen molar-refractivity contribution in [3.8, 4) is 0 Å². The molecular weight excluding hydrogens is 184 g/mol. The van der Waals surface area contributed by atoms with Crippen molar-refractivity contribution >= 4 is 11.3 Å². The molecule has 0 aliphatic rings. The van der Waals surface area contributed by atoms with E-state index in [-0.39, 0.29) is 0 Å². The molecule has 1 atom stereocenters. The predicted octanol–water partition coefficient (Wildman–Crippen LogP) is 1.48. The number of hydrogen-bond donors (Lipinski definition) is 2. The van der Waals surface area contributed by atoms with Crippen molar-refractivity contribution in [1.29, 1.82) is 0 Å². The third kappa shape index (κ3) is 3.42. The molecule has 3 nitrogen and oxygen atoms in total. The minimum Gasteiger partial charge on any atom is -0.385 e. The molecule has 1 aromatic rings. The van der Waals surface area contributed by atoms with E-state index >= 15 is 0 Å². The first-order chi connectivity index (χ1) is 6.24. The number of aliphatic hydroxyl groups excluding tert-OH is 1. The zero-order valence-corrected chi connectivity index (χ0v) is 8.90. The average Bonchev–Trinajstić information content (AvgIpc) is 2.52. The standard InChI is InChI=1S/C9H16N2OS/c1-3-4-10-5-8(12)9-11-7(2)6-13-9/h6,8,10,12H,3-5H2,1-2H3. The van der Waals surface area contributed by atoms with Crippen LogP contribution in [0.5, 0.6) is 0 Å². The third-order valence-corrected chi connectivity index (χ3v) is 2.75. The maximum absolute atomic E-state index is 9.65. The molecule has 0 aromatic carbocycles. The molecule has 74 valence electrons. The number of aliphatic hydroxyl groups is 1. The summed E-state index contributed by atoms with van der Waals surface area (Å²) in [5.74, 6) is 0. The van der Waals surface area contributed by atoms with Gasteiger partial charge in [-0.1, -0.05) is 6.92 Å². The number of aromatic nitrogens is 1. The summed E-state index contributed by atoms with van der Waals surface area (Å²) in [4.78, 5) is 4.22. The highest BCUT2D eigenvalue weighted by molar-refractivity contribution is 7.09. The lowest BCUT2D eigenvalue weighted by Gasteiger charge is -2.07. The van der Waals surface area contributed by atoms with Gasteiger partial charge in [0, 0.05) is 17.6 Å². The van der Waals surface area contributed by atoms with Crippen molar-refractivity contribution in [3.63, 3.8) is 0 Å². The van der Waals surface area contributed by atoms with E-state index in [1.165, 1.54) is 11.3 Å². The predicted molar refractivity (Wildman–Crippen MR) is 55.0 cm³/mol. The molecule has 0 amide bonds. The second kappa shape index (κ2) is 5.32. The van der Waals surface area contributed by atoms with Crippen molar-refractivity contribution in [2.45, 2.75) is 26.4 Å². The van der Waals surface area contributed by atoms with Crippen molar-refractivity contribution in [1.82, 2.24) is 10.3 Å². The maximum atomic E-state index is 9.65. The summed E-state index contributed by atoms with van der Waals surface area (Å²) in [5, 5.41) is 15.6. The van der Waals surface area contributed by atoms with Gasteiger partial charge in [0.15, 0.2) is 0 Å². The van der Waals surface area contributed by atoms with E-state index in [4.69, 9.17) is 0 Å². The van der Waals surface area contributed by atoms with Gasteiger partial charge < -0.3 is 10.4 Å². The number of thiazole rings is 1. The molecule has 0 bridgehead atoms. The lowest BCUT2D eigenvalue weighted by molar-refractivity contribution is 0.174. The number of hydrogen-bond acceptors (Lipinski definition) is 4. The Morgan fingerprint density at radius 1 is 1.69 bits per heavy atom. The summed E-state index contributed by atoms with van der Waals surface area (Å²) in [6.45, 7) is 5.58. The fourth-order valence-electron chi connectivity index (χ4n) is 1.03. The Morgan fingerprint density at radius 2 is 2.46 bits per heavy atom. The minimum atomic E-state index is -0.453. The number of nitrogens with zero attached hydrogens (tertiary/aromatic N) is 1. The molecule has 1 heterocycles. The van der Waals surface area contributed by atoms with Crippen LogP contribution in [0, 0.1) is 6.92 Å². The quantitative estimate of drug-likeness (QED) is 0.708. The van der Waals surface area contributed by atoms with Gasteiger partial charge in [-0.2, -0.15) is 0 Å². The van der Waals surface area contributed by atoms with Gasteiger partial charge in [-0.25, -0.2) is 4.98 Å². The molecule has 0 saturated heterocycles. The summed E-state index contributed by atoms with van der Waals surface area (Å²) < 4.78 is 0. The van der Waals surface area contributed by atoms with Crippen LogP contribution in [0.2, 0.25) is 0 Å². The highest BCUT2D eigenvalue weighted by Gasteiger charge is 2.09. The van der Waals surface area contributed by atoms with Crippen LogP contribution >= 0.6 is 11.3 Å². The summed E-state index contributed by atoms with van der Waals surface area (Å²) in [5.41, 5.74) is 0.981. The van der Waals surface area contributed by atoms with E-state index in [2.05, 4.69) is 17.2 Å². The van der Waals surface area contributed by atoms with Gasteiger partial charge in [0.1, 0.15) is 11.1 Å².